The lowest BCUT2D eigenvalue weighted by atomic mass is 9.94. The van der Waals surface area contributed by atoms with Crippen LogP contribution in [0.25, 0.3) is 10.8 Å². The molecule has 0 aromatic heterocycles. The summed E-state index contributed by atoms with van der Waals surface area (Å²) in [5.74, 6) is -0.0883. The molecule has 6 heteroatoms. The number of anilines is 1. The number of imide groups is 1. The van der Waals surface area contributed by atoms with Gasteiger partial charge in [-0.25, -0.2) is 0 Å². The Bertz CT molecular complexity index is 1360. The second-order valence-electron chi connectivity index (χ2n) is 8.35. The minimum Gasteiger partial charge on any atom is -0.497 e. The van der Waals surface area contributed by atoms with Crippen molar-refractivity contribution < 1.29 is 19.1 Å². The number of nitrogens with zero attached hydrogens (tertiary/aromatic N) is 2. The number of benzene rings is 4. The van der Waals surface area contributed by atoms with Crippen LogP contribution < -0.4 is 9.64 Å². The highest BCUT2D eigenvalue weighted by molar-refractivity contribution is 6.25. The Morgan fingerprint density at radius 3 is 2.03 bits per heavy atom. The molecule has 35 heavy (non-hydrogen) atoms. The van der Waals surface area contributed by atoms with Crippen molar-refractivity contribution >= 4 is 34.2 Å². The number of hydrogen-bond donors (Lipinski definition) is 0. The summed E-state index contributed by atoms with van der Waals surface area (Å²) in [5, 5.41) is 1.59. The molecule has 0 saturated heterocycles. The van der Waals surface area contributed by atoms with Crippen molar-refractivity contribution in [3.8, 4) is 5.75 Å². The van der Waals surface area contributed by atoms with Gasteiger partial charge < -0.3 is 9.64 Å². The van der Waals surface area contributed by atoms with E-state index in [9.17, 15) is 14.4 Å². The van der Waals surface area contributed by atoms with Crippen molar-refractivity contribution in [1.82, 2.24) is 4.90 Å². The predicted octanol–water partition coefficient (Wildman–Crippen LogP) is 5.18. The van der Waals surface area contributed by atoms with Crippen LogP contribution in [0.4, 0.5) is 5.69 Å². The van der Waals surface area contributed by atoms with Crippen molar-refractivity contribution in [3.63, 3.8) is 0 Å². The molecule has 4 aromatic rings. The normalized spacial score (nSPS) is 12.7. The van der Waals surface area contributed by atoms with Crippen LogP contribution in [0.2, 0.25) is 0 Å². The molecule has 0 spiro atoms. The first-order valence-electron chi connectivity index (χ1n) is 11.5. The standard InChI is InChI=1S/C29H24N2O4/c1-35-23-16-14-21(15-17-23)27(32)30(22-10-3-2-4-11-22)18-7-19-31-28(33)24-12-5-8-20-9-6-13-25(26(20)24)29(31)34/h2-6,8-17H,7,18-19H2,1H3. The molecular weight excluding hydrogens is 440 g/mol. The fraction of sp³-hybridized carbons (Fsp3) is 0.138. The first-order valence-corrected chi connectivity index (χ1v) is 11.5. The summed E-state index contributed by atoms with van der Waals surface area (Å²) in [6.45, 7) is 0.555. The van der Waals surface area contributed by atoms with E-state index >= 15 is 0 Å². The molecule has 1 heterocycles. The van der Waals surface area contributed by atoms with Gasteiger partial charge in [0.1, 0.15) is 5.75 Å². The quantitative estimate of drug-likeness (QED) is 0.354. The smallest absolute Gasteiger partial charge is 0.261 e. The number of ether oxygens (including phenoxy) is 1. The SMILES string of the molecule is COc1ccc(C(=O)N(CCCN2C(=O)c3cccc4cccc(c34)C2=O)c2ccccc2)cc1. The zero-order valence-electron chi connectivity index (χ0n) is 19.3. The van der Waals surface area contributed by atoms with E-state index in [-0.39, 0.29) is 24.3 Å². The Kier molecular flexibility index (Phi) is 6.02. The summed E-state index contributed by atoms with van der Waals surface area (Å²) >= 11 is 0. The fourth-order valence-corrected chi connectivity index (χ4v) is 4.52. The molecule has 0 fully saturated rings. The lowest BCUT2D eigenvalue weighted by molar-refractivity contribution is 0.0610. The second-order valence-corrected chi connectivity index (χ2v) is 8.35. The van der Waals surface area contributed by atoms with Crippen molar-refractivity contribution in [2.24, 2.45) is 0 Å². The lowest BCUT2D eigenvalue weighted by Crippen LogP contribution is -2.42. The lowest BCUT2D eigenvalue weighted by Gasteiger charge is -2.29. The molecule has 3 amide bonds. The number of hydrogen-bond acceptors (Lipinski definition) is 4. The average Bonchev–Trinajstić information content (AvgIpc) is 2.91. The first kappa shape index (κ1) is 22.3. The molecule has 0 bridgehead atoms. The molecule has 4 aromatic carbocycles. The highest BCUT2D eigenvalue weighted by atomic mass is 16.5. The van der Waals surface area contributed by atoms with E-state index in [1.165, 1.54) is 4.90 Å². The van der Waals surface area contributed by atoms with Crippen LogP contribution in [0.5, 0.6) is 5.75 Å². The summed E-state index contributed by atoms with van der Waals surface area (Å²) in [6.07, 6.45) is 0.437. The highest BCUT2D eigenvalue weighted by Crippen LogP contribution is 2.30. The third-order valence-corrected chi connectivity index (χ3v) is 6.27. The van der Waals surface area contributed by atoms with Crippen LogP contribution in [0.1, 0.15) is 37.5 Å². The summed E-state index contributed by atoms with van der Waals surface area (Å²) in [4.78, 5) is 42.7. The third-order valence-electron chi connectivity index (χ3n) is 6.27. The Hall–Kier alpha value is -4.45. The number of methoxy groups -OCH3 is 1. The zero-order valence-corrected chi connectivity index (χ0v) is 19.3. The molecule has 174 valence electrons. The van der Waals surface area contributed by atoms with E-state index in [0.717, 1.165) is 11.1 Å². The van der Waals surface area contributed by atoms with Gasteiger partial charge in [0.2, 0.25) is 0 Å². The van der Waals surface area contributed by atoms with Gasteiger partial charge in [-0.15, -0.1) is 0 Å². The summed E-state index contributed by atoms with van der Waals surface area (Å²) in [5.41, 5.74) is 2.35. The van der Waals surface area contributed by atoms with E-state index in [2.05, 4.69) is 0 Å². The van der Waals surface area contributed by atoms with Crippen LogP contribution in [0.3, 0.4) is 0 Å². The number of amides is 3. The molecule has 0 unspecified atom stereocenters. The van der Waals surface area contributed by atoms with Crippen LogP contribution >= 0.6 is 0 Å². The zero-order chi connectivity index (χ0) is 24.4. The van der Waals surface area contributed by atoms with Gasteiger partial charge in [-0.3, -0.25) is 19.3 Å². The maximum Gasteiger partial charge on any atom is 0.261 e. The van der Waals surface area contributed by atoms with Crippen LogP contribution in [0, 0.1) is 0 Å². The number of para-hydroxylation sites is 1. The maximum atomic E-state index is 13.4. The van der Waals surface area contributed by atoms with Crippen molar-refractivity contribution in [3.05, 3.63) is 108 Å². The third kappa shape index (κ3) is 4.15. The molecule has 1 aliphatic rings. The van der Waals surface area contributed by atoms with Crippen molar-refractivity contribution in [2.45, 2.75) is 6.42 Å². The van der Waals surface area contributed by atoms with Gasteiger partial charge in [-0.2, -0.15) is 0 Å². The molecule has 0 radical (unpaired) electrons. The highest BCUT2D eigenvalue weighted by Gasteiger charge is 2.32. The van der Waals surface area contributed by atoms with E-state index in [1.807, 2.05) is 54.6 Å². The minimum absolute atomic E-state index is 0.162. The Balaban J connectivity index is 1.36. The average molecular weight is 465 g/mol. The van der Waals surface area contributed by atoms with E-state index in [0.29, 0.717) is 40.8 Å². The Morgan fingerprint density at radius 2 is 1.43 bits per heavy atom. The maximum absolute atomic E-state index is 13.4. The van der Waals surface area contributed by atoms with Gasteiger partial charge in [-0.05, 0) is 60.3 Å². The number of rotatable bonds is 7. The molecule has 0 N–H and O–H groups in total. The fourth-order valence-electron chi connectivity index (χ4n) is 4.52. The van der Waals surface area contributed by atoms with Crippen LogP contribution in [-0.4, -0.2) is 42.8 Å². The van der Waals surface area contributed by atoms with Gasteiger partial charge in [-0.1, -0.05) is 42.5 Å². The number of carbonyl (C=O) groups is 3. The number of carbonyl (C=O) groups excluding carboxylic acids is 3. The summed E-state index contributed by atoms with van der Waals surface area (Å²) < 4.78 is 5.20. The minimum atomic E-state index is -0.299. The van der Waals surface area contributed by atoms with Crippen molar-refractivity contribution in [2.75, 3.05) is 25.1 Å². The Morgan fingerprint density at radius 1 is 0.800 bits per heavy atom. The molecule has 0 atom stereocenters. The Labute approximate surface area is 203 Å². The monoisotopic (exact) mass is 464 g/mol. The van der Waals surface area contributed by atoms with E-state index in [4.69, 9.17) is 4.74 Å². The largest absolute Gasteiger partial charge is 0.497 e. The molecule has 0 saturated carbocycles. The van der Waals surface area contributed by atoms with Crippen LogP contribution in [-0.2, 0) is 0 Å². The van der Waals surface area contributed by atoms with Gasteiger partial charge in [0, 0.05) is 40.9 Å². The molecule has 1 aliphatic heterocycles. The predicted molar refractivity (Wildman–Crippen MR) is 135 cm³/mol. The van der Waals surface area contributed by atoms with Gasteiger partial charge in [0.05, 0.1) is 7.11 Å². The molecular formula is C29H24N2O4. The molecule has 5 rings (SSSR count). The second kappa shape index (κ2) is 9.43. The molecule has 6 nitrogen and oxygen atoms in total. The van der Waals surface area contributed by atoms with Gasteiger partial charge in [0.25, 0.3) is 17.7 Å². The summed E-state index contributed by atoms with van der Waals surface area (Å²) in [7, 11) is 1.58. The van der Waals surface area contributed by atoms with Crippen LogP contribution in [0.15, 0.2) is 91.0 Å². The first-order chi connectivity index (χ1) is 17.1. The summed E-state index contributed by atoms with van der Waals surface area (Å²) in [6, 6.07) is 27.3. The van der Waals surface area contributed by atoms with Gasteiger partial charge >= 0.3 is 0 Å². The van der Waals surface area contributed by atoms with Gasteiger partial charge in [0.15, 0.2) is 0 Å². The van der Waals surface area contributed by atoms with E-state index < -0.39 is 0 Å². The molecule has 0 aliphatic carbocycles. The van der Waals surface area contributed by atoms with E-state index in [1.54, 1.807) is 48.4 Å². The topological polar surface area (TPSA) is 66.9 Å². The van der Waals surface area contributed by atoms with Crippen molar-refractivity contribution in [1.29, 1.82) is 0 Å².